The van der Waals surface area contributed by atoms with E-state index in [1.54, 1.807) is 0 Å². The number of amides is 1. The summed E-state index contributed by atoms with van der Waals surface area (Å²) in [4.78, 5) is 13.7. The first kappa shape index (κ1) is 12.9. The summed E-state index contributed by atoms with van der Waals surface area (Å²) < 4.78 is 38.5. The Labute approximate surface area is 103 Å². The van der Waals surface area contributed by atoms with E-state index in [0.717, 1.165) is 18.9 Å². The molecule has 0 aromatic heterocycles. The van der Waals surface area contributed by atoms with Crippen LogP contribution in [0, 0.1) is 0 Å². The molecule has 0 saturated carbocycles. The smallest absolute Gasteiger partial charge is 0.336 e. The monoisotopic (exact) mass is 257 g/mol. The van der Waals surface area contributed by atoms with Crippen molar-refractivity contribution >= 4 is 5.91 Å². The van der Waals surface area contributed by atoms with Gasteiger partial charge in [-0.1, -0.05) is 12.1 Å². The maximum atomic E-state index is 12.8. The second-order valence-electron chi connectivity index (χ2n) is 4.53. The van der Waals surface area contributed by atoms with E-state index >= 15 is 0 Å². The molecule has 18 heavy (non-hydrogen) atoms. The Morgan fingerprint density at radius 3 is 2.56 bits per heavy atom. The van der Waals surface area contributed by atoms with Crippen LogP contribution in [-0.4, -0.2) is 23.4 Å². The lowest BCUT2D eigenvalue weighted by Crippen LogP contribution is -2.34. The van der Waals surface area contributed by atoms with Crippen LogP contribution >= 0.6 is 0 Å². The van der Waals surface area contributed by atoms with Gasteiger partial charge < -0.3 is 4.90 Å². The van der Waals surface area contributed by atoms with Gasteiger partial charge in [-0.25, -0.2) is 0 Å². The number of carbonyl (C=O) groups excluding carboxylic acids is 1. The van der Waals surface area contributed by atoms with Gasteiger partial charge in [-0.2, -0.15) is 13.2 Å². The van der Waals surface area contributed by atoms with Gasteiger partial charge in [-0.05, 0) is 31.9 Å². The number of benzene rings is 1. The molecule has 0 bridgehead atoms. The summed E-state index contributed by atoms with van der Waals surface area (Å²) in [6.07, 6.45) is -2.80. The highest BCUT2D eigenvalue weighted by atomic mass is 19.4. The van der Waals surface area contributed by atoms with E-state index in [2.05, 4.69) is 0 Å². The lowest BCUT2D eigenvalue weighted by molar-refractivity contribution is -0.138. The van der Waals surface area contributed by atoms with Crippen molar-refractivity contribution in [3.8, 4) is 0 Å². The molecule has 1 aromatic carbocycles. The van der Waals surface area contributed by atoms with Crippen molar-refractivity contribution in [1.82, 2.24) is 4.90 Å². The first-order valence-electron chi connectivity index (χ1n) is 5.88. The second-order valence-corrected chi connectivity index (χ2v) is 4.53. The molecule has 1 unspecified atom stereocenters. The van der Waals surface area contributed by atoms with Crippen LogP contribution in [-0.2, 0) is 6.18 Å². The maximum Gasteiger partial charge on any atom is 0.417 e. The van der Waals surface area contributed by atoms with Crippen LogP contribution in [0.4, 0.5) is 13.2 Å². The van der Waals surface area contributed by atoms with Gasteiger partial charge in [0.15, 0.2) is 0 Å². The highest BCUT2D eigenvalue weighted by molar-refractivity contribution is 5.96. The molecule has 1 aliphatic heterocycles. The maximum absolute atomic E-state index is 12.8. The summed E-state index contributed by atoms with van der Waals surface area (Å²) in [5.41, 5.74) is -1.10. The molecule has 1 aromatic rings. The van der Waals surface area contributed by atoms with E-state index in [0.29, 0.717) is 6.54 Å². The van der Waals surface area contributed by atoms with Crippen LogP contribution in [0.15, 0.2) is 24.3 Å². The molecule has 0 radical (unpaired) electrons. The van der Waals surface area contributed by atoms with Crippen LogP contribution < -0.4 is 0 Å². The predicted molar refractivity (Wildman–Crippen MR) is 61.2 cm³/mol. The summed E-state index contributed by atoms with van der Waals surface area (Å²) in [5.74, 6) is -0.520. The van der Waals surface area contributed by atoms with Gasteiger partial charge in [-0.15, -0.1) is 0 Å². The average Bonchev–Trinajstić information content (AvgIpc) is 2.73. The molecule has 98 valence electrons. The van der Waals surface area contributed by atoms with Crippen molar-refractivity contribution in [3.63, 3.8) is 0 Å². The van der Waals surface area contributed by atoms with Gasteiger partial charge in [0, 0.05) is 12.6 Å². The minimum atomic E-state index is -4.49. The Kier molecular flexibility index (Phi) is 3.32. The first-order chi connectivity index (χ1) is 8.41. The minimum absolute atomic E-state index is 0.0128. The van der Waals surface area contributed by atoms with E-state index in [1.807, 2.05) is 6.92 Å². The van der Waals surface area contributed by atoms with Crippen LogP contribution in [0.3, 0.4) is 0 Å². The van der Waals surface area contributed by atoms with Crippen LogP contribution in [0.25, 0.3) is 0 Å². The Morgan fingerprint density at radius 1 is 1.33 bits per heavy atom. The molecule has 1 aliphatic rings. The minimum Gasteiger partial charge on any atom is -0.336 e. The molecule has 1 atom stereocenters. The van der Waals surface area contributed by atoms with Gasteiger partial charge in [0.2, 0.25) is 0 Å². The number of likely N-dealkylation sites (tertiary alicyclic amines) is 1. The normalized spacial score (nSPS) is 20.2. The number of alkyl halides is 3. The van der Waals surface area contributed by atoms with Crippen molar-refractivity contribution in [2.24, 2.45) is 0 Å². The fourth-order valence-corrected chi connectivity index (χ4v) is 2.31. The van der Waals surface area contributed by atoms with Crippen molar-refractivity contribution < 1.29 is 18.0 Å². The standard InChI is InChI=1S/C13H14F3NO/c1-9-5-4-8-17(9)12(18)10-6-2-3-7-11(10)13(14,15)16/h2-3,6-7,9H,4-5,8H2,1H3. The Bertz CT molecular complexity index is 456. The molecule has 2 rings (SSSR count). The second kappa shape index (κ2) is 4.63. The first-order valence-corrected chi connectivity index (χ1v) is 5.88. The quantitative estimate of drug-likeness (QED) is 0.755. The summed E-state index contributed by atoms with van der Waals surface area (Å²) in [5, 5.41) is 0. The number of nitrogens with zero attached hydrogens (tertiary/aromatic N) is 1. The zero-order valence-corrected chi connectivity index (χ0v) is 10.00. The summed E-state index contributed by atoms with van der Waals surface area (Å²) in [7, 11) is 0. The molecular formula is C13H14F3NO. The number of hydrogen-bond donors (Lipinski definition) is 0. The largest absolute Gasteiger partial charge is 0.417 e. The lowest BCUT2D eigenvalue weighted by atomic mass is 10.1. The molecule has 1 fully saturated rings. The van der Waals surface area contributed by atoms with E-state index < -0.39 is 17.6 Å². The van der Waals surface area contributed by atoms with E-state index in [4.69, 9.17) is 0 Å². The molecule has 2 nitrogen and oxygen atoms in total. The highest BCUT2D eigenvalue weighted by Crippen LogP contribution is 2.33. The van der Waals surface area contributed by atoms with E-state index in [1.165, 1.54) is 23.1 Å². The molecule has 0 aliphatic carbocycles. The average molecular weight is 257 g/mol. The zero-order chi connectivity index (χ0) is 13.3. The fourth-order valence-electron chi connectivity index (χ4n) is 2.31. The van der Waals surface area contributed by atoms with Crippen molar-refractivity contribution in [3.05, 3.63) is 35.4 Å². The molecular weight excluding hydrogens is 243 g/mol. The van der Waals surface area contributed by atoms with E-state index in [-0.39, 0.29) is 11.6 Å². The molecule has 5 heteroatoms. The number of carbonyl (C=O) groups is 1. The third-order valence-electron chi connectivity index (χ3n) is 3.28. The highest BCUT2D eigenvalue weighted by Gasteiger charge is 2.37. The van der Waals surface area contributed by atoms with Crippen LogP contribution in [0.5, 0.6) is 0 Å². The third kappa shape index (κ3) is 2.35. The summed E-state index contributed by atoms with van der Waals surface area (Å²) >= 11 is 0. The number of halogens is 3. The SMILES string of the molecule is CC1CCCN1C(=O)c1ccccc1C(F)(F)F. The molecule has 0 spiro atoms. The van der Waals surface area contributed by atoms with Gasteiger partial charge in [0.25, 0.3) is 5.91 Å². The van der Waals surface area contributed by atoms with Crippen molar-refractivity contribution in [2.75, 3.05) is 6.54 Å². The van der Waals surface area contributed by atoms with Gasteiger partial charge in [-0.3, -0.25) is 4.79 Å². The zero-order valence-electron chi connectivity index (χ0n) is 10.00. The lowest BCUT2D eigenvalue weighted by Gasteiger charge is -2.23. The summed E-state index contributed by atoms with van der Waals surface area (Å²) in [6.45, 7) is 2.40. The molecule has 1 saturated heterocycles. The van der Waals surface area contributed by atoms with Crippen LogP contribution in [0.2, 0.25) is 0 Å². The fraction of sp³-hybridized carbons (Fsp3) is 0.462. The Balaban J connectivity index is 2.36. The Hall–Kier alpha value is -1.52. The van der Waals surface area contributed by atoms with Crippen molar-refractivity contribution in [1.29, 1.82) is 0 Å². The van der Waals surface area contributed by atoms with Crippen LogP contribution in [0.1, 0.15) is 35.7 Å². The predicted octanol–water partition coefficient (Wildman–Crippen LogP) is 3.33. The number of hydrogen-bond acceptors (Lipinski definition) is 1. The number of rotatable bonds is 1. The molecule has 1 heterocycles. The Morgan fingerprint density at radius 2 is 2.00 bits per heavy atom. The van der Waals surface area contributed by atoms with Crippen molar-refractivity contribution in [2.45, 2.75) is 32.0 Å². The third-order valence-corrected chi connectivity index (χ3v) is 3.28. The van der Waals surface area contributed by atoms with Gasteiger partial charge >= 0.3 is 6.18 Å². The van der Waals surface area contributed by atoms with Gasteiger partial charge in [0.05, 0.1) is 11.1 Å². The van der Waals surface area contributed by atoms with Gasteiger partial charge in [0.1, 0.15) is 0 Å². The topological polar surface area (TPSA) is 20.3 Å². The molecule has 0 N–H and O–H groups in total. The van der Waals surface area contributed by atoms with E-state index in [9.17, 15) is 18.0 Å². The summed E-state index contributed by atoms with van der Waals surface area (Å²) in [6, 6.07) is 4.97. The molecule has 1 amide bonds.